The van der Waals surface area contributed by atoms with E-state index in [1.54, 1.807) is 12.0 Å². The first-order chi connectivity index (χ1) is 11.0. The van der Waals surface area contributed by atoms with E-state index in [-0.39, 0.29) is 17.9 Å². The first kappa shape index (κ1) is 17.3. The van der Waals surface area contributed by atoms with Crippen LogP contribution in [-0.4, -0.2) is 41.6 Å². The normalized spacial score (nSPS) is 22.0. The van der Waals surface area contributed by atoms with Crippen LogP contribution in [0.3, 0.4) is 0 Å². The van der Waals surface area contributed by atoms with Crippen molar-refractivity contribution in [1.29, 1.82) is 0 Å². The predicted octanol–water partition coefficient (Wildman–Crippen LogP) is 2.90. The molecule has 0 aliphatic carbocycles. The van der Waals surface area contributed by atoms with Crippen LogP contribution in [0.4, 0.5) is 0 Å². The fourth-order valence-electron chi connectivity index (χ4n) is 3.32. The van der Waals surface area contributed by atoms with Crippen molar-refractivity contribution in [3.63, 3.8) is 0 Å². The average Bonchev–Trinajstić information content (AvgIpc) is 2.94. The molecule has 5 nitrogen and oxygen atoms in total. The Morgan fingerprint density at radius 1 is 1.35 bits per heavy atom. The molecule has 1 N–H and O–H groups in total. The number of aliphatic carboxylic acids is 1. The largest absolute Gasteiger partial charge is 0.497 e. The topological polar surface area (TPSA) is 66.8 Å². The van der Waals surface area contributed by atoms with Gasteiger partial charge in [-0.1, -0.05) is 19.1 Å². The highest BCUT2D eigenvalue weighted by molar-refractivity contribution is 5.80. The van der Waals surface area contributed by atoms with E-state index in [0.29, 0.717) is 19.4 Å². The van der Waals surface area contributed by atoms with Crippen molar-refractivity contribution in [3.05, 3.63) is 29.8 Å². The van der Waals surface area contributed by atoms with E-state index >= 15 is 0 Å². The monoisotopic (exact) mass is 319 g/mol. The SMILES string of the molecule is CCC(CC(=O)N1CCC(C(=O)O)C1C)c1ccc(OC)cc1. The maximum atomic E-state index is 12.6. The number of rotatable bonds is 6. The van der Waals surface area contributed by atoms with Gasteiger partial charge >= 0.3 is 5.97 Å². The van der Waals surface area contributed by atoms with Crippen molar-refractivity contribution in [2.45, 2.75) is 45.1 Å². The zero-order chi connectivity index (χ0) is 17.0. The van der Waals surface area contributed by atoms with E-state index in [1.807, 2.05) is 31.2 Å². The quantitative estimate of drug-likeness (QED) is 0.875. The minimum Gasteiger partial charge on any atom is -0.497 e. The zero-order valence-corrected chi connectivity index (χ0v) is 14.0. The standard InChI is InChI=1S/C18H25NO4/c1-4-13(14-5-7-15(23-3)8-6-14)11-17(20)19-10-9-16(12(19)2)18(21)22/h5-8,12-13,16H,4,9-11H2,1-3H3,(H,21,22). The number of hydrogen-bond donors (Lipinski definition) is 1. The number of likely N-dealkylation sites (tertiary alicyclic amines) is 1. The van der Waals surface area contributed by atoms with Crippen LogP contribution in [0, 0.1) is 5.92 Å². The van der Waals surface area contributed by atoms with Gasteiger partial charge in [-0.15, -0.1) is 0 Å². The van der Waals surface area contributed by atoms with Crippen molar-refractivity contribution < 1.29 is 19.4 Å². The van der Waals surface area contributed by atoms with Crippen LogP contribution in [0.5, 0.6) is 5.75 Å². The number of carbonyl (C=O) groups excluding carboxylic acids is 1. The molecule has 0 saturated carbocycles. The first-order valence-corrected chi connectivity index (χ1v) is 8.14. The number of benzene rings is 1. The maximum Gasteiger partial charge on any atom is 0.308 e. The molecular formula is C18H25NO4. The van der Waals surface area contributed by atoms with Gasteiger partial charge in [-0.3, -0.25) is 9.59 Å². The van der Waals surface area contributed by atoms with Crippen molar-refractivity contribution in [1.82, 2.24) is 4.90 Å². The molecule has 2 rings (SSSR count). The van der Waals surface area contributed by atoms with Gasteiger partial charge in [-0.05, 0) is 43.4 Å². The van der Waals surface area contributed by atoms with Crippen molar-refractivity contribution in [3.8, 4) is 5.75 Å². The summed E-state index contributed by atoms with van der Waals surface area (Å²) in [5.41, 5.74) is 1.11. The number of ether oxygens (including phenoxy) is 1. The highest BCUT2D eigenvalue weighted by atomic mass is 16.5. The van der Waals surface area contributed by atoms with Gasteiger partial charge in [0.2, 0.25) is 5.91 Å². The smallest absolute Gasteiger partial charge is 0.308 e. The second-order valence-corrected chi connectivity index (χ2v) is 6.14. The third-order valence-electron chi connectivity index (χ3n) is 4.89. The molecule has 1 aliphatic heterocycles. The number of carboxylic acid groups (broad SMARTS) is 1. The fraction of sp³-hybridized carbons (Fsp3) is 0.556. The molecule has 126 valence electrons. The average molecular weight is 319 g/mol. The molecule has 3 atom stereocenters. The number of nitrogens with zero attached hydrogens (tertiary/aromatic N) is 1. The lowest BCUT2D eigenvalue weighted by Crippen LogP contribution is -2.38. The summed E-state index contributed by atoms with van der Waals surface area (Å²) >= 11 is 0. The van der Waals surface area contributed by atoms with Gasteiger partial charge in [0.05, 0.1) is 13.0 Å². The summed E-state index contributed by atoms with van der Waals surface area (Å²) in [6.07, 6.45) is 1.82. The Balaban J connectivity index is 2.03. The van der Waals surface area contributed by atoms with E-state index in [1.165, 1.54) is 0 Å². The summed E-state index contributed by atoms with van der Waals surface area (Å²) in [6.45, 7) is 4.43. The Morgan fingerprint density at radius 2 is 2.00 bits per heavy atom. The van der Waals surface area contributed by atoms with E-state index < -0.39 is 11.9 Å². The number of amides is 1. The summed E-state index contributed by atoms with van der Waals surface area (Å²) in [5.74, 6) is -0.268. The molecule has 1 aromatic rings. The van der Waals surface area contributed by atoms with E-state index in [2.05, 4.69) is 6.92 Å². The highest BCUT2D eigenvalue weighted by Crippen LogP contribution is 2.30. The molecule has 5 heteroatoms. The third kappa shape index (κ3) is 3.84. The summed E-state index contributed by atoms with van der Waals surface area (Å²) in [4.78, 5) is 25.5. The maximum absolute atomic E-state index is 12.6. The van der Waals surface area contributed by atoms with Crippen LogP contribution in [0.1, 0.15) is 44.6 Å². The minimum atomic E-state index is -0.810. The Kier molecular flexibility index (Phi) is 5.64. The molecule has 1 heterocycles. The molecule has 1 fully saturated rings. The van der Waals surface area contributed by atoms with Crippen LogP contribution in [-0.2, 0) is 9.59 Å². The summed E-state index contributed by atoms with van der Waals surface area (Å²) in [5, 5.41) is 9.19. The van der Waals surface area contributed by atoms with Crippen LogP contribution in [0.15, 0.2) is 24.3 Å². The van der Waals surface area contributed by atoms with E-state index in [4.69, 9.17) is 4.74 Å². The van der Waals surface area contributed by atoms with Crippen LogP contribution >= 0.6 is 0 Å². The number of carboxylic acids is 1. The number of methoxy groups -OCH3 is 1. The Hall–Kier alpha value is -2.04. The molecule has 0 radical (unpaired) electrons. The van der Waals surface area contributed by atoms with E-state index in [9.17, 15) is 14.7 Å². The summed E-state index contributed by atoms with van der Waals surface area (Å²) in [6, 6.07) is 7.57. The number of carbonyl (C=O) groups is 2. The lowest BCUT2D eigenvalue weighted by atomic mass is 9.92. The van der Waals surface area contributed by atoms with Gasteiger partial charge < -0.3 is 14.7 Å². The predicted molar refractivity (Wildman–Crippen MR) is 87.6 cm³/mol. The summed E-state index contributed by atoms with van der Waals surface area (Å²) < 4.78 is 5.16. The van der Waals surface area contributed by atoms with Gasteiger partial charge in [0.15, 0.2) is 0 Å². The lowest BCUT2D eigenvalue weighted by Gasteiger charge is -2.25. The molecule has 0 bridgehead atoms. The molecular weight excluding hydrogens is 294 g/mol. The molecule has 23 heavy (non-hydrogen) atoms. The van der Waals surface area contributed by atoms with Gasteiger partial charge in [-0.25, -0.2) is 0 Å². The van der Waals surface area contributed by atoms with Gasteiger partial charge in [-0.2, -0.15) is 0 Å². The lowest BCUT2D eigenvalue weighted by molar-refractivity contribution is -0.143. The zero-order valence-electron chi connectivity index (χ0n) is 14.0. The summed E-state index contributed by atoms with van der Waals surface area (Å²) in [7, 11) is 1.63. The minimum absolute atomic E-state index is 0.0453. The molecule has 0 aromatic heterocycles. The van der Waals surface area contributed by atoms with Crippen LogP contribution in [0.2, 0.25) is 0 Å². The molecule has 0 spiro atoms. The molecule has 1 amide bonds. The van der Waals surface area contributed by atoms with Gasteiger partial charge in [0, 0.05) is 19.0 Å². The second kappa shape index (κ2) is 7.49. The van der Waals surface area contributed by atoms with Crippen molar-refractivity contribution in [2.24, 2.45) is 5.92 Å². The second-order valence-electron chi connectivity index (χ2n) is 6.14. The van der Waals surface area contributed by atoms with Gasteiger partial charge in [0.25, 0.3) is 0 Å². The molecule has 3 unspecified atom stereocenters. The highest BCUT2D eigenvalue weighted by Gasteiger charge is 2.38. The first-order valence-electron chi connectivity index (χ1n) is 8.14. The van der Waals surface area contributed by atoms with E-state index in [0.717, 1.165) is 17.7 Å². The molecule has 1 aromatic carbocycles. The fourth-order valence-corrected chi connectivity index (χ4v) is 3.32. The van der Waals surface area contributed by atoms with Crippen molar-refractivity contribution >= 4 is 11.9 Å². The number of hydrogen-bond acceptors (Lipinski definition) is 3. The van der Waals surface area contributed by atoms with Crippen LogP contribution < -0.4 is 4.74 Å². The third-order valence-corrected chi connectivity index (χ3v) is 4.89. The Labute approximate surface area is 137 Å². The van der Waals surface area contributed by atoms with Gasteiger partial charge in [0.1, 0.15) is 5.75 Å². The molecule has 1 saturated heterocycles. The Morgan fingerprint density at radius 3 is 2.48 bits per heavy atom. The Bertz CT molecular complexity index is 555. The van der Waals surface area contributed by atoms with Crippen LogP contribution in [0.25, 0.3) is 0 Å². The molecule has 1 aliphatic rings. The van der Waals surface area contributed by atoms with Crippen molar-refractivity contribution in [2.75, 3.05) is 13.7 Å².